The van der Waals surface area contributed by atoms with Crippen LogP contribution >= 0.6 is 11.8 Å². The predicted molar refractivity (Wildman–Crippen MR) is 124 cm³/mol. The van der Waals surface area contributed by atoms with E-state index in [1.54, 1.807) is 16.8 Å². The third-order valence-electron chi connectivity index (χ3n) is 5.05. The number of nitrogens with zero attached hydrogens (tertiary/aromatic N) is 5. The van der Waals surface area contributed by atoms with Gasteiger partial charge in [-0.1, -0.05) is 42.1 Å². The number of hydrogen-bond donors (Lipinski definition) is 0. The van der Waals surface area contributed by atoms with Crippen molar-refractivity contribution in [1.29, 1.82) is 0 Å². The summed E-state index contributed by atoms with van der Waals surface area (Å²) in [6.07, 6.45) is 1.75. The second kappa shape index (κ2) is 7.92. The molecule has 3 aromatic heterocycles. The van der Waals surface area contributed by atoms with Crippen molar-refractivity contribution in [2.45, 2.75) is 24.8 Å². The van der Waals surface area contributed by atoms with Gasteiger partial charge in [0.2, 0.25) is 0 Å². The van der Waals surface area contributed by atoms with E-state index in [1.165, 1.54) is 11.8 Å². The molecule has 0 unspecified atom stereocenters. The van der Waals surface area contributed by atoms with E-state index in [-0.39, 0.29) is 5.56 Å². The fraction of sp³-hybridized carbons (Fsp3) is 0.125. The maximum absolute atomic E-state index is 13.3. The van der Waals surface area contributed by atoms with Crippen molar-refractivity contribution in [2.75, 3.05) is 0 Å². The fourth-order valence-electron chi connectivity index (χ4n) is 3.40. The molecule has 0 saturated carbocycles. The Labute approximate surface area is 183 Å². The highest BCUT2D eigenvalue weighted by molar-refractivity contribution is 7.98. The fourth-order valence-corrected chi connectivity index (χ4v) is 4.41. The topological polar surface area (TPSA) is 73.6 Å². The van der Waals surface area contributed by atoms with E-state index in [9.17, 15) is 4.79 Å². The minimum absolute atomic E-state index is 0.134. The standard InChI is InChI=1S/C24H19N5OS/c1-15-11-12-22(25-13-15)29-23(30)17-7-3-4-8-18(17)28-24(29)31-14-21-16(2)26-19-9-5-6-10-20(19)27-21/h3-13H,14H2,1-2H3. The predicted octanol–water partition coefficient (Wildman–Crippen LogP) is 4.63. The highest BCUT2D eigenvalue weighted by atomic mass is 32.2. The molecule has 7 heteroatoms. The summed E-state index contributed by atoms with van der Waals surface area (Å²) in [6.45, 7) is 3.92. The number of hydrogen-bond acceptors (Lipinski definition) is 6. The molecule has 3 heterocycles. The van der Waals surface area contributed by atoms with Crippen LogP contribution in [0.2, 0.25) is 0 Å². The normalized spacial score (nSPS) is 11.3. The highest BCUT2D eigenvalue weighted by Crippen LogP contribution is 2.25. The molecule has 0 bridgehead atoms. The lowest BCUT2D eigenvalue weighted by Crippen LogP contribution is -2.22. The molecular formula is C24H19N5OS. The van der Waals surface area contributed by atoms with Crippen LogP contribution in [0.3, 0.4) is 0 Å². The average molecular weight is 426 g/mol. The van der Waals surface area contributed by atoms with E-state index in [0.29, 0.717) is 27.6 Å². The maximum Gasteiger partial charge on any atom is 0.267 e. The molecule has 6 nitrogen and oxygen atoms in total. The van der Waals surface area contributed by atoms with Gasteiger partial charge in [0.05, 0.1) is 33.3 Å². The summed E-state index contributed by atoms with van der Waals surface area (Å²) in [5.41, 5.74) is 5.03. The van der Waals surface area contributed by atoms with Gasteiger partial charge in [-0.05, 0) is 49.7 Å². The van der Waals surface area contributed by atoms with Gasteiger partial charge in [-0.15, -0.1) is 0 Å². The molecule has 5 rings (SSSR count). The van der Waals surface area contributed by atoms with Gasteiger partial charge in [-0.2, -0.15) is 0 Å². The third-order valence-corrected chi connectivity index (χ3v) is 6.00. The van der Waals surface area contributed by atoms with Crippen LogP contribution in [0.15, 0.2) is 76.8 Å². The molecular weight excluding hydrogens is 406 g/mol. The van der Waals surface area contributed by atoms with Crippen LogP contribution in [0.4, 0.5) is 0 Å². The minimum atomic E-state index is -0.134. The number of para-hydroxylation sites is 3. The smallest absolute Gasteiger partial charge is 0.267 e. The van der Waals surface area contributed by atoms with Crippen molar-refractivity contribution < 1.29 is 0 Å². The number of thioether (sulfide) groups is 1. The Bertz CT molecular complexity index is 1480. The van der Waals surface area contributed by atoms with Crippen LogP contribution in [0, 0.1) is 13.8 Å². The summed E-state index contributed by atoms with van der Waals surface area (Å²) in [4.78, 5) is 32.0. The first-order valence-corrected chi connectivity index (χ1v) is 10.9. The lowest BCUT2D eigenvalue weighted by atomic mass is 10.2. The zero-order valence-electron chi connectivity index (χ0n) is 17.1. The Morgan fingerprint density at radius 3 is 2.29 bits per heavy atom. The number of aromatic nitrogens is 5. The Balaban J connectivity index is 1.61. The van der Waals surface area contributed by atoms with E-state index >= 15 is 0 Å². The molecule has 0 amide bonds. The lowest BCUT2D eigenvalue weighted by molar-refractivity contribution is 0.794. The molecule has 0 N–H and O–H groups in total. The first kappa shape index (κ1) is 19.4. The van der Waals surface area contributed by atoms with Gasteiger partial charge in [0, 0.05) is 11.9 Å². The average Bonchev–Trinajstić information content (AvgIpc) is 2.79. The first-order valence-electron chi connectivity index (χ1n) is 9.90. The van der Waals surface area contributed by atoms with Crippen molar-refractivity contribution in [1.82, 2.24) is 24.5 Å². The van der Waals surface area contributed by atoms with Crippen LogP contribution in [0.25, 0.3) is 27.8 Å². The van der Waals surface area contributed by atoms with Crippen molar-refractivity contribution in [3.05, 3.63) is 94.2 Å². The zero-order chi connectivity index (χ0) is 21.4. The molecule has 152 valence electrons. The van der Waals surface area contributed by atoms with E-state index in [0.717, 1.165) is 28.0 Å². The van der Waals surface area contributed by atoms with E-state index in [4.69, 9.17) is 9.97 Å². The summed E-state index contributed by atoms with van der Waals surface area (Å²) in [5, 5.41) is 1.14. The Morgan fingerprint density at radius 2 is 1.55 bits per heavy atom. The SMILES string of the molecule is Cc1ccc(-n2c(SCc3nc4ccccc4nc3C)nc3ccccc3c2=O)nc1. The van der Waals surface area contributed by atoms with E-state index < -0.39 is 0 Å². The van der Waals surface area contributed by atoms with Crippen LogP contribution in [0.5, 0.6) is 0 Å². The quantitative estimate of drug-likeness (QED) is 0.309. The molecule has 0 atom stereocenters. The monoisotopic (exact) mass is 425 g/mol. The summed E-state index contributed by atoms with van der Waals surface area (Å²) < 4.78 is 1.58. The van der Waals surface area contributed by atoms with Gasteiger partial charge < -0.3 is 0 Å². The van der Waals surface area contributed by atoms with Gasteiger partial charge >= 0.3 is 0 Å². The van der Waals surface area contributed by atoms with Gasteiger partial charge in [0.25, 0.3) is 5.56 Å². The molecule has 0 aliphatic heterocycles. The second-order valence-electron chi connectivity index (χ2n) is 7.28. The number of benzene rings is 2. The summed E-state index contributed by atoms with van der Waals surface area (Å²) in [5.74, 6) is 1.10. The number of aryl methyl sites for hydroxylation is 2. The zero-order valence-corrected chi connectivity index (χ0v) is 17.9. The maximum atomic E-state index is 13.3. The first-order chi connectivity index (χ1) is 15.1. The molecule has 0 aliphatic rings. The van der Waals surface area contributed by atoms with E-state index in [2.05, 4.69) is 9.97 Å². The Hall–Kier alpha value is -3.58. The number of fused-ring (bicyclic) bond motifs is 2. The second-order valence-corrected chi connectivity index (χ2v) is 8.22. The van der Waals surface area contributed by atoms with Crippen molar-refractivity contribution in [3.8, 4) is 5.82 Å². The van der Waals surface area contributed by atoms with Gasteiger partial charge in [-0.3, -0.25) is 4.79 Å². The highest BCUT2D eigenvalue weighted by Gasteiger charge is 2.15. The molecule has 2 aromatic carbocycles. The molecule has 5 aromatic rings. The molecule has 0 fully saturated rings. The van der Waals surface area contributed by atoms with Crippen molar-refractivity contribution in [2.24, 2.45) is 0 Å². The summed E-state index contributed by atoms with van der Waals surface area (Å²) in [6, 6.07) is 19.0. The molecule has 0 radical (unpaired) electrons. The van der Waals surface area contributed by atoms with Crippen LogP contribution < -0.4 is 5.56 Å². The van der Waals surface area contributed by atoms with E-state index in [1.807, 2.05) is 68.4 Å². The molecule has 0 aliphatic carbocycles. The number of pyridine rings is 1. The van der Waals surface area contributed by atoms with Gasteiger partial charge in [0.1, 0.15) is 5.82 Å². The summed E-state index contributed by atoms with van der Waals surface area (Å²) in [7, 11) is 0. The summed E-state index contributed by atoms with van der Waals surface area (Å²) >= 11 is 1.46. The van der Waals surface area contributed by atoms with Crippen LogP contribution in [0.1, 0.15) is 17.0 Å². The Morgan fingerprint density at radius 1 is 0.839 bits per heavy atom. The molecule has 0 saturated heterocycles. The van der Waals surface area contributed by atoms with Gasteiger partial charge in [0.15, 0.2) is 5.16 Å². The van der Waals surface area contributed by atoms with Gasteiger partial charge in [-0.25, -0.2) is 24.5 Å². The van der Waals surface area contributed by atoms with Crippen molar-refractivity contribution in [3.63, 3.8) is 0 Å². The Kier molecular flexibility index (Phi) is 4.95. The van der Waals surface area contributed by atoms with Crippen molar-refractivity contribution >= 4 is 33.7 Å². The third kappa shape index (κ3) is 3.68. The van der Waals surface area contributed by atoms with Crippen LogP contribution in [-0.2, 0) is 5.75 Å². The number of rotatable bonds is 4. The minimum Gasteiger partial charge on any atom is -0.268 e. The molecule has 31 heavy (non-hydrogen) atoms. The lowest BCUT2D eigenvalue weighted by Gasteiger charge is -2.13. The molecule has 0 spiro atoms. The largest absolute Gasteiger partial charge is 0.268 e. The van der Waals surface area contributed by atoms with Crippen LogP contribution in [-0.4, -0.2) is 24.5 Å².